The quantitative estimate of drug-likeness (QED) is 0.226. The van der Waals surface area contributed by atoms with E-state index in [0.717, 1.165) is 52.8 Å². The Bertz CT molecular complexity index is 1170. The predicted octanol–water partition coefficient (Wildman–Crippen LogP) is 3.96. The van der Waals surface area contributed by atoms with Crippen LogP contribution in [-0.2, 0) is 4.79 Å². The SMILES string of the molecule is CC.CC1=C(Nc2ccc(OC3=CC=CCC=C3)cc2)c2c(C)c(NC=O)cn2NC1.CNC.CNCC(O)CO. The lowest BCUT2D eigenvalue weighted by Crippen LogP contribution is -2.26. The van der Waals surface area contributed by atoms with E-state index < -0.39 is 6.10 Å². The van der Waals surface area contributed by atoms with Gasteiger partial charge in [0.05, 0.1) is 42.5 Å². The first kappa shape index (κ1) is 35.2. The summed E-state index contributed by atoms with van der Waals surface area (Å²) in [5, 5.41) is 28.5. The van der Waals surface area contributed by atoms with Crippen LogP contribution in [-0.4, -0.2) is 68.2 Å². The van der Waals surface area contributed by atoms with Crippen molar-refractivity contribution in [2.45, 2.75) is 40.2 Å². The number of carbonyl (C=O) groups excluding carboxylic acids is 1. The minimum atomic E-state index is -0.606. The highest BCUT2D eigenvalue weighted by atomic mass is 16.5. The van der Waals surface area contributed by atoms with E-state index in [9.17, 15) is 4.79 Å². The molecule has 2 heterocycles. The van der Waals surface area contributed by atoms with Crippen molar-refractivity contribution in [1.82, 2.24) is 15.3 Å². The molecule has 0 bridgehead atoms. The summed E-state index contributed by atoms with van der Waals surface area (Å²) in [5.74, 6) is 1.61. The summed E-state index contributed by atoms with van der Waals surface area (Å²) in [6.45, 7) is 9.10. The Morgan fingerprint density at radius 2 is 1.80 bits per heavy atom. The third-order valence-electron chi connectivity index (χ3n) is 5.61. The Morgan fingerprint density at radius 1 is 1.12 bits per heavy atom. The number of rotatable bonds is 9. The maximum absolute atomic E-state index is 10.9. The van der Waals surface area contributed by atoms with Crippen molar-refractivity contribution in [2.75, 3.05) is 56.9 Å². The van der Waals surface area contributed by atoms with Crippen LogP contribution in [0.2, 0.25) is 0 Å². The zero-order valence-electron chi connectivity index (χ0n) is 25.4. The van der Waals surface area contributed by atoms with Gasteiger partial charge in [-0.1, -0.05) is 32.1 Å². The van der Waals surface area contributed by atoms with Crippen LogP contribution in [0.1, 0.15) is 38.4 Å². The van der Waals surface area contributed by atoms with E-state index in [0.29, 0.717) is 13.0 Å². The van der Waals surface area contributed by atoms with Gasteiger partial charge in [0.1, 0.15) is 11.5 Å². The highest BCUT2D eigenvalue weighted by Crippen LogP contribution is 2.32. The van der Waals surface area contributed by atoms with Gasteiger partial charge in [-0.2, -0.15) is 0 Å². The molecular formula is C31H48N6O4. The van der Waals surface area contributed by atoms with Crippen molar-refractivity contribution in [1.29, 1.82) is 0 Å². The fourth-order valence-corrected chi connectivity index (χ4v) is 3.72. The number of ether oxygens (including phenoxy) is 1. The number of hydrogen-bond acceptors (Lipinski definition) is 8. The molecule has 1 aromatic heterocycles. The monoisotopic (exact) mass is 568 g/mol. The van der Waals surface area contributed by atoms with Crippen LogP contribution in [0, 0.1) is 6.92 Å². The number of nitrogens with one attached hydrogen (secondary N) is 5. The standard InChI is InChI=1S/C23H24N4O2.C4H11NO2.C2H7N.C2H6/c1-16-13-25-27-14-21(24-15-28)17(2)23(27)22(16)26-18-9-11-20(12-10-18)29-19-7-5-3-4-6-8-19;1-5-2-4(7)3-6;1-3-2;1-2/h3,5-12,14-15,25-26H,4,13H2,1-2H3,(H,24,28);4-7H,2-3H2,1H3;3H,1-2H3;1-2H3. The van der Waals surface area contributed by atoms with E-state index in [1.54, 1.807) is 7.05 Å². The highest BCUT2D eigenvalue weighted by Gasteiger charge is 2.22. The van der Waals surface area contributed by atoms with Gasteiger partial charge < -0.3 is 41.6 Å². The number of hydrogen-bond donors (Lipinski definition) is 7. The topological polar surface area (TPSA) is 132 Å². The summed E-state index contributed by atoms with van der Waals surface area (Å²) in [6.07, 6.45) is 13.0. The number of nitrogens with zero attached hydrogens (tertiary/aromatic N) is 1. The summed E-state index contributed by atoms with van der Waals surface area (Å²) in [5.41, 5.74) is 9.34. The molecular weight excluding hydrogens is 520 g/mol. The fourth-order valence-electron chi connectivity index (χ4n) is 3.72. The number of aliphatic hydroxyl groups is 2. The average molecular weight is 569 g/mol. The molecule has 2 aromatic rings. The van der Waals surface area contributed by atoms with E-state index in [2.05, 4.69) is 45.8 Å². The lowest BCUT2D eigenvalue weighted by molar-refractivity contribution is -0.105. The van der Waals surface area contributed by atoms with Crippen LogP contribution < -0.4 is 31.4 Å². The molecule has 0 spiro atoms. The van der Waals surface area contributed by atoms with Crippen molar-refractivity contribution in [3.63, 3.8) is 0 Å². The van der Waals surface area contributed by atoms with E-state index in [4.69, 9.17) is 14.9 Å². The molecule has 0 radical (unpaired) electrons. The maximum Gasteiger partial charge on any atom is 0.211 e. The van der Waals surface area contributed by atoms with Gasteiger partial charge in [-0.3, -0.25) is 9.47 Å². The molecule has 4 rings (SSSR count). The molecule has 41 heavy (non-hydrogen) atoms. The Morgan fingerprint density at radius 3 is 2.39 bits per heavy atom. The summed E-state index contributed by atoms with van der Waals surface area (Å²) < 4.78 is 7.89. The fraction of sp³-hybridized carbons (Fsp3) is 0.387. The number of fused-ring (bicyclic) bond motifs is 1. The molecule has 1 aliphatic heterocycles. The first-order valence-corrected chi connectivity index (χ1v) is 13.8. The largest absolute Gasteiger partial charge is 0.457 e. The smallest absolute Gasteiger partial charge is 0.211 e. The zero-order chi connectivity index (χ0) is 30.6. The first-order valence-electron chi connectivity index (χ1n) is 13.8. The molecule has 2 aliphatic rings. The molecule has 1 amide bonds. The summed E-state index contributed by atoms with van der Waals surface area (Å²) >= 11 is 0. The van der Waals surface area contributed by atoms with E-state index in [1.807, 2.05) is 88.2 Å². The molecule has 0 saturated carbocycles. The van der Waals surface area contributed by atoms with Gasteiger partial charge in [-0.15, -0.1) is 0 Å². The molecule has 226 valence electrons. The Balaban J connectivity index is 0.000000599. The van der Waals surface area contributed by atoms with Crippen LogP contribution in [0.4, 0.5) is 11.4 Å². The molecule has 0 saturated heterocycles. The third-order valence-corrected chi connectivity index (χ3v) is 5.61. The van der Waals surface area contributed by atoms with Crippen LogP contribution in [0.3, 0.4) is 0 Å². The zero-order valence-corrected chi connectivity index (χ0v) is 25.4. The van der Waals surface area contributed by atoms with Crippen LogP contribution in [0.5, 0.6) is 5.75 Å². The van der Waals surface area contributed by atoms with Gasteiger partial charge in [-0.25, -0.2) is 0 Å². The minimum Gasteiger partial charge on any atom is -0.457 e. The second kappa shape index (κ2) is 20.1. The van der Waals surface area contributed by atoms with E-state index in [1.165, 1.54) is 5.57 Å². The van der Waals surface area contributed by atoms with Crippen LogP contribution in [0.15, 0.2) is 72.2 Å². The highest BCUT2D eigenvalue weighted by molar-refractivity contribution is 5.85. The summed E-state index contributed by atoms with van der Waals surface area (Å²) in [4.78, 5) is 10.9. The third kappa shape index (κ3) is 11.7. The number of aliphatic hydroxyl groups excluding tert-OH is 2. The van der Waals surface area contributed by atoms with Gasteiger partial charge in [0.2, 0.25) is 6.41 Å². The Kier molecular flexibility index (Phi) is 17.3. The molecule has 0 fully saturated rings. The minimum absolute atomic E-state index is 0.166. The number of allylic oxidation sites excluding steroid dienone is 5. The van der Waals surface area contributed by atoms with Crippen molar-refractivity contribution in [3.05, 3.63) is 83.4 Å². The van der Waals surface area contributed by atoms with Crippen molar-refractivity contribution >= 4 is 23.5 Å². The molecule has 10 nitrogen and oxygen atoms in total. The lowest BCUT2D eigenvalue weighted by atomic mass is 10.1. The Labute approximate surface area is 244 Å². The number of aromatic nitrogens is 1. The first-order chi connectivity index (χ1) is 19.9. The lowest BCUT2D eigenvalue weighted by Gasteiger charge is -2.24. The predicted molar refractivity (Wildman–Crippen MR) is 171 cm³/mol. The molecule has 10 heteroatoms. The maximum atomic E-state index is 10.9. The number of amides is 1. The van der Waals surface area contributed by atoms with Gasteiger partial charge >= 0.3 is 0 Å². The number of carbonyl (C=O) groups is 1. The second-order valence-electron chi connectivity index (χ2n) is 8.92. The molecule has 1 unspecified atom stereocenters. The molecule has 1 aliphatic carbocycles. The van der Waals surface area contributed by atoms with Gasteiger partial charge in [0, 0.05) is 17.8 Å². The average Bonchev–Trinajstić information content (AvgIpc) is 3.12. The summed E-state index contributed by atoms with van der Waals surface area (Å²) in [7, 11) is 5.47. The number of anilines is 2. The van der Waals surface area contributed by atoms with E-state index in [-0.39, 0.29) is 6.61 Å². The van der Waals surface area contributed by atoms with Gasteiger partial charge in [-0.05, 0) is 83.4 Å². The molecule has 7 N–H and O–H groups in total. The molecule has 1 atom stereocenters. The van der Waals surface area contributed by atoms with Crippen molar-refractivity contribution in [3.8, 4) is 5.75 Å². The van der Waals surface area contributed by atoms with Gasteiger partial charge in [0.15, 0.2) is 0 Å². The summed E-state index contributed by atoms with van der Waals surface area (Å²) in [6, 6.07) is 7.91. The van der Waals surface area contributed by atoms with Crippen LogP contribution in [0.25, 0.3) is 5.70 Å². The van der Waals surface area contributed by atoms with Crippen molar-refractivity contribution < 1.29 is 19.7 Å². The van der Waals surface area contributed by atoms with E-state index >= 15 is 0 Å². The van der Waals surface area contributed by atoms with Gasteiger partial charge in [0.25, 0.3) is 0 Å². The number of likely N-dealkylation sites (N-methyl/N-ethyl adjacent to an activating group) is 1. The number of benzene rings is 1. The van der Waals surface area contributed by atoms with Crippen LogP contribution >= 0.6 is 0 Å². The second-order valence-corrected chi connectivity index (χ2v) is 8.92. The Hall–Kier alpha value is -3.83. The normalized spacial score (nSPS) is 13.7. The van der Waals surface area contributed by atoms with Crippen molar-refractivity contribution in [2.24, 2.45) is 0 Å². The molecule has 1 aromatic carbocycles.